The number of sulfonamides is 1. The van der Waals surface area contributed by atoms with Crippen molar-refractivity contribution >= 4 is 15.8 Å². The maximum atomic E-state index is 12.2. The molecule has 0 saturated heterocycles. The summed E-state index contributed by atoms with van der Waals surface area (Å²) in [4.78, 5) is 4.16. The van der Waals surface area contributed by atoms with Crippen LogP contribution in [0.2, 0.25) is 0 Å². The summed E-state index contributed by atoms with van der Waals surface area (Å²) in [5.74, 6) is 0.275. The van der Waals surface area contributed by atoms with Crippen LogP contribution in [0, 0.1) is 13.8 Å². The van der Waals surface area contributed by atoms with E-state index in [-0.39, 0.29) is 23.9 Å². The lowest BCUT2D eigenvalue weighted by molar-refractivity contribution is 0.269. The molecule has 0 radical (unpaired) electrons. The van der Waals surface area contributed by atoms with Gasteiger partial charge in [0.1, 0.15) is 10.7 Å². The number of nitrogens with zero attached hydrogens (tertiary/aromatic N) is 3. The van der Waals surface area contributed by atoms with Crippen LogP contribution >= 0.6 is 0 Å². The summed E-state index contributed by atoms with van der Waals surface area (Å²) < 4.78 is 28.1. The molecule has 2 heterocycles. The van der Waals surface area contributed by atoms with E-state index in [0.717, 1.165) is 11.3 Å². The summed E-state index contributed by atoms with van der Waals surface area (Å²) in [5, 5.41) is 12.7. The summed E-state index contributed by atoms with van der Waals surface area (Å²) in [5.41, 5.74) is 1.66. The van der Waals surface area contributed by atoms with Gasteiger partial charge in [-0.1, -0.05) is 0 Å². The molecule has 8 heteroatoms. The Morgan fingerprint density at radius 3 is 2.75 bits per heavy atom. The van der Waals surface area contributed by atoms with Gasteiger partial charge >= 0.3 is 0 Å². The Bertz CT molecular complexity index is 689. The monoisotopic (exact) mass is 296 g/mol. The number of hydrogen-bond acceptors (Lipinski definition) is 5. The van der Waals surface area contributed by atoms with Gasteiger partial charge in [0.15, 0.2) is 0 Å². The molecule has 20 heavy (non-hydrogen) atoms. The van der Waals surface area contributed by atoms with E-state index in [1.54, 1.807) is 13.0 Å². The first-order valence-corrected chi connectivity index (χ1v) is 7.50. The topological polar surface area (TPSA) is 97.1 Å². The van der Waals surface area contributed by atoms with Crippen LogP contribution in [-0.2, 0) is 16.6 Å². The van der Waals surface area contributed by atoms with E-state index < -0.39 is 10.0 Å². The fourth-order valence-electron chi connectivity index (χ4n) is 1.80. The molecule has 0 aliphatic rings. The SMILES string of the molecule is Cc1cc(C)nc(NS(=O)(=O)c2cnn(CCO)c2)c1. The van der Waals surface area contributed by atoms with Gasteiger partial charge in [0.2, 0.25) is 0 Å². The predicted octanol–water partition coefficient (Wildman–Crippen LogP) is 0.688. The number of aliphatic hydroxyl groups is 1. The fraction of sp³-hybridized carbons (Fsp3) is 0.333. The molecular formula is C12H16N4O3S. The Kier molecular flexibility index (Phi) is 4.05. The van der Waals surface area contributed by atoms with E-state index >= 15 is 0 Å². The zero-order valence-electron chi connectivity index (χ0n) is 11.2. The molecule has 108 valence electrons. The minimum atomic E-state index is -3.72. The van der Waals surface area contributed by atoms with Gasteiger partial charge in [0, 0.05) is 11.9 Å². The molecule has 7 nitrogen and oxygen atoms in total. The van der Waals surface area contributed by atoms with Crippen LogP contribution in [0.3, 0.4) is 0 Å². The highest BCUT2D eigenvalue weighted by atomic mass is 32.2. The Balaban J connectivity index is 2.25. The number of rotatable bonds is 5. The van der Waals surface area contributed by atoms with Crippen LogP contribution in [0.4, 0.5) is 5.82 Å². The Morgan fingerprint density at radius 1 is 1.35 bits per heavy atom. The minimum Gasteiger partial charge on any atom is -0.394 e. The van der Waals surface area contributed by atoms with Gasteiger partial charge in [0.05, 0.1) is 19.3 Å². The number of anilines is 1. The third-order valence-corrected chi connectivity index (χ3v) is 3.89. The van der Waals surface area contributed by atoms with E-state index in [0.29, 0.717) is 0 Å². The van der Waals surface area contributed by atoms with Crippen LogP contribution in [0.1, 0.15) is 11.3 Å². The summed E-state index contributed by atoms with van der Waals surface area (Å²) in [6, 6.07) is 3.51. The average Bonchev–Trinajstić information content (AvgIpc) is 2.76. The lowest BCUT2D eigenvalue weighted by Gasteiger charge is -2.07. The quantitative estimate of drug-likeness (QED) is 0.846. The Labute approximate surface area is 117 Å². The van der Waals surface area contributed by atoms with E-state index in [2.05, 4.69) is 14.8 Å². The number of nitrogens with one attached hydrogen (secondary N) is 1. The molecule has 2 aromatic rings. The smallest absolute Gasteiger partial charge is 0.266 e. The molecule has 2 aromatic heterocycles. The van der Waals surface area contributed by atoms with Crippen molar-refractivity contribution in [1.82, 2.24) is 14.8 Å². The molecule has 0 bridgehead atoms. The molecule has 2 N–H and O–H groups in total. The fourth-order valence-corrected chi connectivity index (χ4v) is 2.74. The summed E-state index contributed by atoms with van der Waals surface area (Å²) in [6.07, 6.45) is 2.60. The number of pyridine rings is 1. The highest BCUT2D eigenvalue weighted by molar-refractivity contribution is 7.92. The van der Waals surface area contributed by atoms with Gasteiger partial charge in [0.25, 0.3) is 10.0 Å². The highest BCUT2D eigenvalue weighted by Gasteiger charge is 2.17. The van der Waals surface area contributed by atoms with E-state index in [1.165, 1.54) is 17.1 Å². The van der Waals surface area contributed by atoms with Gasteiger partial charge in [-0.05, 0) is 31.5 Å². The van der Waals surface area contributed by atoms with Crippen molar-refractivity contribution in [3.63, 3.8) is 0 Å². The summed E-state index contributed by atoms with van der Waals surface area (Å²) in [6.45, 7) is 3.81. The second-order valence-electron chi connectivity index (χ2n) is 4.44. The second-order valence-corrected chi connectivity index (χ2v) is 6.12. The van der Waals surface area contributed by atoms with Crippen molar-refractivity contribution in [2.24, 2.45) is 0 Å². The van der Waals surface area contributed by atoms with Crippen LogP contribution < -0.4 is 4.72 Å². The number of aliphatic hydroxyl groups excluding tert-OH is 1. The van der Waals surface area contributed by atoms with Crippen molar-refractivity contribution in [1.29, 1.82) is 0 Å². The molecule has 0 unspecified atom stereocenters. The first kappa shape index (κ1) is 14.5. The lowest BCUT2D eigenvalue weighted by Crippen LogP contribution is -2.14. The molecule has 0 atom stereocenters. The third kappa shape index (κ3) is 3.34. The molecule has 0 amide bonds. The van der Waals surface area contributed by atoms with Crippen molar-refractivity contribution in [2.45, 2.75) is 25.3 Å². The normalized spacial score (nSPS) is 11.6. The van der Waals surface area contributed by atoms with Crippen LogP contribution in [0.5, 0.6) is 0 Å². The molecule has 0 aliphatic carbocycles. The van der Waals surface area contributed by atoms with Crippen LogP contribution in [0.15, 0.2) is 29.4 Å². The van der Waals surface area contributed by atoms with E-state index in [1.807, 2.05) is 13.0 Å². The first-order valence-electron chi connectivity index (χ1n) is 6.02. The van der Waals surface area contributed by atoms with E-state index in [4.69, 9.17) is 5.11 Å². The standard InChI is InChI=1S/C12H16N4O3S/c1-9-5-10(2)14-12(6-9)15-20(18,19)11-7-13-16(8-11)3-4-17/h5-8,17H,3-4H2,1-2H3,(H,14,15). The highest BCUT2D eigenvalue weighted by Crippen LogP contribution is 2.15. The molecule has 0 fully saturated rings. The van der Waals surface area contributed by atoms with Crippen LogP contribution in [-0.4, -0.2) is 34.9 Å². The zero-order chi connectivity index (χ0) is 14.8. The Hall–Kier alpha value is -1.93. The molecule has 2 rings (SSSR count). The van der Waals surface area contributed by atoms with Gasteiger partial charge in [-0.25, -0.2) is 13.4 Å². The van der Waals surface area contributed by atoms with Crippen molar-refractivity contribution < 1.29 is 13.5 Å². The second kappa shape index (κ2) is 5.59. The van der Waals surface area contributed by atoms with Gasteiger partial charge in [-0.2, -0.15) is 5.10 Å². The first-order chi connectivity index (χ1) is 9.40. The van der Waals surface area contributed by atoms with Gasteiger partial charge in [-0.15, -0.1) is 0 Å². The predicted molar refractivity (Wildman–Crippen MR) is 73.8 cm³/mol. The summed E-state index contributed by atoms with van der Waals surface area (Å²) >= 11 is 0. The third-order valence-electron chi connectivity index (χ3n) is 2.59. The van der Waals surface area contributed by atoms with Gasteiger partial charge < -0.3 is 5.11 Å². The maximum absolute atomic E-state index is 12.2. The molecule has 0 saturated carbocycles. The van der Waals surface area contributed by atoms with E-state index in [9.17, 15) is 8.42 Å². The molecular weight excluding hydrogens is 280 g/mol. The largest absolute Gasteiger partial charge is 0.394 e. The van der Waals surface area contributed by atoms with Gasteiger partial charge in [-0.3, -0.25) is 9.40 Å². The summed E-state index contributed by atoms with van der Waals surface area (Å²) in [7, 11) is -3.72. The van der Waals surface area contributed by atoms with Crippen LogP contribution in [0.25, 0.3) is 0 Å². The number of aromatic nitrogens is 3. The average molecular weight is 296 g/mol. The minimum absolute atomic E-state index is 0.0342. The van der Waals surface area contributed by atoms with Crippen molar-refractivity contribution in [2.75, 3.05) is 11.3 Å². The zero-order valence-corrected chi connectivity index (χ0v) is 12.1. The molecule has 0 aliphatic heterocycles. The van der Waals surface area contributed by atoms with Crippen molar-refractivity contribution in [3.8, 4) is 0 Å². The number of hydrogen-bond donors (Lipinski definition) is 2. The Morgan fingerprint density at radius 2 is 2.10 bits per heavy atom. The van der Waals surface area contributed by atoms with Crippen molar-refractivity contribution in [3.05, 3.63) is 35.8 Å². The number of aryl methyl sites for hydroxylation is 2. The lowest BCUT2D eigenvalue weighted by atomic mass is 10.2. The molecule has 0 spiro atoms. The maximum Gasteiger partial charge on any atom is 0.266 e. The molecule has 0 aromatic carbocycles.